The minimum Gasteiger partial charge on any atom is -0.459 e. The summed E-state index contributed by atoms with van der Waals surface area (Å²) in [5.41, 5.74) is 0. The van der Waals surface area contributed by atoms with Crippen LogP contribution in [-0.2, 0) is 9.53 Å². The molecule has 0 aliphatic heterocycles. The molecule has 0 aliphatic rings. The Labute approximate surface area is 43.9 Å². The van der Waals surface area contributed by atoms with E-state index in [1.165, 1.54) is 0 Å². The highest BCUT2D eigenvalue weighted by atomic mass is 19.3. The predicted molar refractivity (Wildman–Crippen MR) is 19.2 cm³/mol. The van der Waals surface area contributed by atoms with E-state index in [4.69, 9.17) is 5.11 Å². The Morgan fingerprint density at radius 2 is 2.25 bits per heavy atom. The number of carbonyl (C=O) groups excluding carboxylic acids is 1. The summed E-state index contributed by atoms with van der Waals surface area (Å²) >= 11 is 0. The predicted octanol–water partition coefficient (Wildman–Crippen LogP) is -0.256. The second-order valence-corrected chi connectivity index (χ2v) is 1.07. The van der Waals surface area contributed by atoms with Crippen LogP contribution in [0.2, 0.25) is 0 Å². The van der Waals surface area contributed by atoms with Crippen molar-refractivity contribution in [3.8, 4) is 0 Å². The maximum atomic E-state index is 11.2. The van der Waals surface area contributed by atoms with Crippen LogP contribution in [0.3, 0.4) is 0 Å². The highest BCUT2D eigenvalue weighted by Gasteiger charge is 2.24. The molecule has 0 saturated carbocycles. The molecule has 0 fully saturated rings. The molecule has 0 bridgehead atoms. The molecule has 0 aliphatic carbocycles. The summed E-state index contributed by atoms with van der Waals surface area (Å²) in [6.07, 6.45) is -3.90. The molecule has 0 amide bonds. The fourth-order valence-corrected chi connectivity index (χ4v) is 0.134. The summed E-state index contributed by atoms with van der Waals surface area (Å²) in [6, 6.07) is 0. The van der Waals surface area contributed by atoms with Crippen molar-refractivity contribution in [1.82, 2.24) is 0 Å². The standard InChI is InChI=1S/C3H4F2O3/c4-3(5,7)1-8-2-6/h2,7H,1H2. The van der Waals surface area contributed by atoms with E-state index in [-0.39, 0.29) is 6.47 Å². The molecule has 0 aromatic heterocycles. The van der Waals surface area contributed by atoms with E-state index >= 15 is 0 Å². The molecule has 0 aromatic carbocycles. The molecule has 0 unspecified atom stereocenters. The second kappa shape index (κ2) is 2.56. The number of ether oxygens (including phenoxy) is 1. The van der Waals surface area contributed by atoms with Crippen molar-refractivity contribution < 1.29 is 23.4 Å². The van der Waals surface area contributed by atoms with Crippen LogP contribution in [0.15, 0.2) is 0 Å². The van der Waals surface area contributed by atoms with Crippen LogP contribution in [-0.4, -0.2) is 24.3 Å². The lowest BCUT2D eigenvalue weighted by molar-refractivity contribution is -0.226. The molecule has 0 spiro atoms. The Morgan fingerprint density at radius 1 is 1.75 bits per heavy atom. The van der Waals surface area contributed by atoms with E-state index in [1.54, 1.807) is 0 Å². The van der Waals surface area contributed by atoms with Gasteiger partial charge in [-0.1, -0.05) is 0 Å². The van der Waals surface area contributed by atoms with Gasteiger partial charge in [-0.25, -0.2) is 0 Å². The number of rotatable bonds is 3. The van der Waals surface area contributed by atoms with Gasteiger partial charge in [-0.05, 0) is 0 Å². The van der Waals surface area contributed by atoms with Gasteiger partial charge in [-0.3, -0.25) is 4.79 Å². The highest BCUT2D eigenvalue weighted by Crippen LogP contribution is 2.06. The summed E-state index contributed by atoms with van der Waals surface area (Å²) in [5.74, 6) is 0. The smallest absolute Gasteiger partial charge is 0.387 e. The van der Waals surface area contributed by atoms with Gasteiger partial charge in [0.1, 0.15) is 0 Å². The summed E-state index contributed by atoms with van der Waals surface area (Å²) in [4.78, 5) is 9.18. The molecule has 0 rings (SSSR count). The quantitative estimate of drug-likeness (QED) is 0.530. The van der Waals surface area contributed by atoms with Crippen molar-refractivity contribution in [3.63, 3.8) is 0 Å². The molecule has 3 nitrogen and oxygen atoms in total. The lowest BCUT2D eigenvalue weighted by Crippen LogP contribution is -2.21. The molecular weight excluding hydrogens is 122 g/mol. The zero-order valence-corrected chi connectivity index (χ0v) is 3.80. The van der Waals surface area contributed by atoms with E-state index in [1.807, 2.05) is 0 Å². The van der Waals surface area contributed by atoms with Gasteiger partial charge in [0.15, 0.2) is 6.61 Å². The third kappa shape index (κ3) is 5.29. The third-order valence-corrected chi connectivity index (χ3v) is 0.325. The average Bonchev–Trinajstić information content (AvgIpc) is 1.59. The number of alkyl halides is 2. The van der Waals surface area contributed by atoms with Crippen LogP contribution in [0.1, 0.15) is 0 Å². The average molecular weight is 126 g/mol. The van der Waals surface area contributed by atoms with Crippen LogP contribution >= 0.6 is 0 Å². The first-order chi connectivity index (χ1) is 3.56. The van der Waals surface area contributed by atoms with Crippen LogP contribution in [0, 0.1) is 0 Å². The van der Waals surface area contributed by atoms with Crippen LogP contribution in [0.25, 0.3) is 0 Å². The van der Waals surface area contributed by atoms with Gasteiger partial charge in [0.25, 0.3) is 6.47 Å². The van der Waals surface area contributed by atoms with Gasteiger partial charge in [0.05, 0.1) is 0 Å². The zero-order chi connectivity index (χ0) is 6.62. The first-order valence-corrected chi connectivity index (χ1v) is 1.72. The SMILES string of the molecule is O=COCC(O)(F)F. The van der Waals surface area contributed by atoms with Gasteiger partial charge < -0.3 is 9.84 Å². The minimum atomic E-state index is -3.90. The van der Waals surface area contributed by atoms with E-state index in [0.717, 1.165) is 0 Å². The van der Waals surface area contributed by atoms with E-state index in [2.05, 4.69) is 4.74 Å². The number of hydrogen-bond donors (Lipinski definition) is 1. The summed E-state index contributed by atoms with van der Waals surface area (Å²) in [6.45, 7) is -1.44. The third-order valence-electron chi connectivity index (χ3n) is 0.325. The van der Waals surface area contributed by atoms with Gasteiger partial charge in [0.2, 0.25) is 0 Å². The lowest BCUT2D eigenvalue weighted by atomic mass is 10.7. The van der Waals surface area contributed by atoms with Crippen molar-refractivity contribution in [2.45, 2.75) is 6.11 Å². The monoisotopic (exact) mass is 126 g/mol. The van der Waals surface area contributed by atoms with Crippen molar-refractivity contribution >= 4 is 6.47 Å². The molecule has 1 N–H and O–H groups in total. The van der Waals surface area contributed by atoms with E-state index in [9.17, 15) is 13.6 Å². The molecule has 0 atom stereocenters. The van der Waals surface area contributed by atoms with E-state index in [0.29, 0.717) is 0 Å². The van der Waals surface area contributed by atoms with Crippen LogP contribution < -0.4 is 0 Å². The molecule has 48 valence electrons. The summed E-state index contributed by atoms with van der Waals surface area (Å²) in [7, 11) is 0. The molecule has 0 saturated heterocycles. The normalized spacial score (nSPS) is 10.9. The van der Waals surface area contributed by atoms with Gasteiger partial charge in [-0.15, -0.1) is 0 Å². The molecular formula is C3H4F2O3. The maximum Gasteiger partial charge on any atom is 0.387 e. The maximum absolute atomic E-state index is 11.2. The zero-order valence-electron chi connectivity index (χ0n) is 3.80. The number of hydrogen-bond acceptors (Lipinski definition) is 3. The first kappa shape index (κ1) is 7.29. The number of halogens is 2. The minimum absolute atomic E-state index is 0.163. The van der Waals surface area contributed by atoms with E-state index < -0.39 is 12.7 Å². The van der Waals surface area contributed by atoms with Gasteiger partial charge >= 0.3 is 6.11 Å². The Hall–Kier alpha value is -0.710. The Balaban J connectivity index is 3.24. The largest absolute Gasteiger partial charge is 0.459 e. The molecule has 0 radical (unpaired) electrons. The Morgan fingerprint density at radius 3 is 2.38 bits per heavy atom. The summed E-state index contributed by atoms with van der Waals surface area (Å²) in [5, 5.41) is 7.53. The topological polar surface area (TPSA) is 46.5 Å². The fourth-order valence-electron chi connectivity index (χ4n) is 0.134. The Kier molecular flexibility index (Phi) is 2.33. The van der Waals surface area contributed by atoms with Crippen molar-refractivity contribution in [2.75, 3.05) is 6.61 Å². The van der Waals surface area contributed by atoms with Crippen molar-refractivity contribution in [2.24, 2.45) is 0 Å². The second-order valence-electron chi connectivity index (χ2n) is 1.07. The number of carbonyl (C=O) groups is 1. The van der Waals surface area contributed by atoms with Crippen LogP contribution in [0.5, 0.6) is 0 Å². The molecule has 0 heterocycles. The van der Waals surface area contributed by atoms with Gasteiger partial charge in [0, 0.05) is 0 Å². The Bertz CT molecular complexity index is 77.1. The molecule has 5 heteroatoms. The highest BCUT2D eigenvalue weighted by molar-refractivity contribution is 5.36. The van der Waals surface area contributed by atoms with Gasteiger partial charge in [-0.2, -0.15) is 8.78 Å². The van der Waals surface area contributed by atoms with Crippen LogP contribution in [0.4, 0.5) is 8.78 Å². The molecule has 8 heavy (non-hydrogen) atoms. The number of aliphatic hydroxyl groups is 1. The van der Waals surface area contributed by atoms with Crippen molar-refractivity contribution in [1.29, 1.82) is 0 Å². The summed E-state index contributed by atoms with van der Waals surface area (Å²) < 4.78 is 25.9. The van der Waals surface area contributed by atoms with Crippen molar-refractivity contribution in [3.05, 3.63) is 0 Å². The first-order valence-electron chi connectivity index (χ1n) is 1.72. The molecule has 0 aromatic rings. The lowest BCUT2D eigenvalue weighted by Gasteiger charge is -2.04. The fraction of sp³-hybridized carbons (Fsp3) is 0.667.